The smallest absolute Gasteiger partial charge is 0.262 e. The molecule has 7 heteroatoms. The predicted molar refractivity (Wildman–Crippen MR) is 114 cm³/mol. The van der Waals surface area contributed by atoms with E-state index in [9.17, 15) is 9.90 Å². The van der Waals surface area contributed by atoms with Crippen LogP contribution < -0.4 is 15.0 Å². The fraction of sp³-hybridized carbons (Fsp3) is 0.182. The highest BCUT2D eigenvalue weighted by atomic mass is 32.1. The highest BCUT2D eigenvalue weighted by Gasteiger charge is 2.15. The number of ether oxygens (including phenoxy) is 2. The van der Waals surface area contributed by atoms with E-state index < -0.39 is 6.10 Å². The van der Waals surface area contributed by atoms with Crippen molar-refractivity contribution in [1.29, 1.82) is 0 Å². The summed E-state index contributed by atoms with van der Waals surface area (Å²) in [5.41, 5.74) is 1.67. The van der Waals surface area contributed by atoms with Crippen molar-refractivity contribution in [1.82, 2.24) is 9.55 Å². The molecule has 29 heavy (non-hydrogen) atoms. The van der Waals surface area contributed by atoms with Crippen molar-refractivity contribution in [3.05, 3.63) is 76.7 Å². The van der Waals surface area contributed by atoms with Gasteiger partial charge in [-0.2, -0.15) is 0 Å². The van der Waals surface area contributed by atoms with Crippen LogP contribution in [0.4, 0.5) is 0 Å². The van der Waals surface area contributed by atoms with E-state index in [0.717, 1.165) is 16.9 Å². The minimum absolute atomic E-state index is 0.0615. The maximum absolute atomic E-state index is 13.0. The zero-order valence-corrected chi connectivity index (χ0v) is 16.6. The summed E-state index contributed by atoms with van der Waals surface area (Å²) >= 11 is 1.44. The molecule has 148 valence electrons. The van der Waals surface area contributed by atoms with Gasteiger partial charge >= 0.3 is 0 Å². The highest BCUT2D eigenvalue weighted by Crippen LogP contribution is 2.30. The Bertz CT molecular complexity index is 1150. The standard InChI is InChI=1S/C22H20N2O4S/c1-27-17-7-9-18(10-8-17)28-12-16(25)11-24-14-23-21-20(22(24)26)19(13-29-21)15-5-3-2-4-6-15/h2-10,13-14,16,25H,11-12H2,1H3. The normalized spacial score (nSPS) is 12.1. The Kier molecular flexibility index (Phi) is 5.59. The average molecular weight is 408 g/mol. The number of methoxy groups -OCH3 is 1. The van der Waals surface area contributed by atoms with Crippen molar-refractivity contribution < 1.29 is 14.6 Å². The summed E-state index contributed by atoms with van der Waals surface area (Å²) in [7, 11) is 1.60. The van der Waals surface area contributed by atoms with E-state index in [2.05, 4.69) is 4.98 Å². The van der Waals surface area contributed by atoms with Crippen molar-refractivity contribution in [2.24, 2.45) is 0 Å². The molecule has 0 amide bonds. The number of fused-ring (bicyclic) bond motifs is 1. The minimum atomic E-state index is -0.854. The third-order valence-electron chi connectivity index (χ3n) is 4.55. The Morgan fingerprint density at radius 1 is 1.10 bits per heavy atom. The predicted octanol–water partition coefficient (Wildman–Crippen LogP) is 3.57. The lowest BCUT2D eigenvalue weighted by Crippen LogP contribution is -2.30. The van der Waals surface area contributed by atoms with E-state index in [-0.39, 0.29) is 18.7 Å². The van der Waals surface area contributed by atoms with Gasteiger partial charge in [0.05, 0.1) is 25.4 Å². The molecule has 0 bridgehead atoms. The molecule has 1 atom stereocenters. The third-order valence-corrected chi connectivity index (χ3v) is 5.44. The molecule has 6 nitrogen and oxygen atoms in total. The summed E-state index contributed by atoms with van der Waals surface area (Å²) in [5.74, 6) is 1.35. The molecule has 0 aliphatic rings. The monoisotopic (exact) mass is 408 g/mol. The molecule has 4 rings (SSSR count). The zero-order chi connectivity index (χ0) is 20.2. The lowest BCUT2D eigenvalue weighted by molar-refractivity contribution is 0.0914. The Balaban J connectivity index is 1.51. The summed E-state index contributed by atoms with van der Waals surface area (Å²) < 4.78 is 12.1. The van der Waals surface area contributed by atoms with Gasteiger partial charge in [0.15, 0.2) is 0 Å². The zero-order valence-electron chi connectivity index (χ0n) is 15.8. The number of aliphatic hydroxyl groups is 1. The molecular formula is C22H20N2O4S. The van der Waals surface area contributed by atoms with E-state index in [1.807, 2.05) is 35.7 Å². The van der Waals surface area contributed by atoms with Gasteiger partial charge in [0, 0.05) is 10.9 Å². The van der Waals surface area contributed by atoms with E-state index in [4.69, 9.17) is 9.47 Å². The Labute approximate surface area is 171 Å². The molecule has 2 aromatic heterocycles. The largest absolute Gasteiger partial charge is 0.497 e. The molecule has 0 saturated carbocycles. The van der Waals surface area contributed by atoms with Gasteiger partial charge in [-0.25, -0.2) is 4.98 Å². The van der Waals surface area contributed by atoms with Crippen LogP contribution in [0.2, 0.25) is 0 Å². The molecule has 0 fully saturated rings. The van der Waals surface area contributed by atoms with Crippen molar-refractivity contribution in [2.75, 3.05) is 13.7 Å². The lowest BCUT2D eigenvalue weighted by Gasteiger charge is -2.14. The number of aromatic nitrogens is 2. The van der Waals surface area contributed by atoms with Crippen LogP contribution in [0.3, 0.4) is 0 Å². The van der Waals surface area contributed by atoms with Crippen LogP contribution in [-0.2, 0) is 6.54 Å². The SMILES string of the molecule is COc1ccc(OCC(O)Cn2cnc3scc(-c4ccccc4)c3c2=O)cc1. The first-order valence-electron chi connectivity index (χ1n) is 9.12. The van der Waals surface area contributed by atoms with E-state index in [0.29, 0.717) is 16.0 Å². The molecule has 2 heterocycles. The van der Waals surface area contributed by atoms with Gasteiger partial charge < -0.3 is 14.6 Å². The molecule has 4 aromatic rings. The summed E-state index contributed by atoms with van der Waals surface area (Å²) in [6, 6.07) is 16.9. The third kappa shape index (κ3) is 4.16. The number of aliphatic hydroxyl groups excluding tert-OH is 1. The van der Waals surface area contributed by atoms with Gasteiger partial charge in [-0.3, -0.25) is 9.36 Å². The number of thiophene rings is 1. The van der Waals surface area contributed by atoms with E-state index in [1.54, 1.807) is 31.4 Å². The maximum atomic E-state index is 13.0. The van der Waals surface area contributed by atoms with Gasteiger partial charge in [-0.05, 0) is 29.8 Å². The number of nitrogens with zero attached hydrogens (tertiary/aromatic N) is 2. The van der Waals surface area contributed by atoms with Crippen LogP contribution in [0.25, 0.3) is 21.3 Å². The molecule has 1 unspecified atom stereocenters. The van der Waals surface area contributed by atoms with E-state index in [1.165, 1.54) is 22.2 Å². The van der Waals surface area contributed by atoms with Crippen LogP contribution in [0.15, 0.2) is 71.1 Å². The number of hydrogen-bond donors (Lipinski definition) is 1. The first-order chi connectivity index (χ1) is 14.2. The molecule has 2 aromatic carbocycles. The number of hydrogen-bond acceptors (Lipinski definition) is 6. The Morgan fingerprint density at radius 2 is 1.83 bits per heavy atom. The maximum Gasteiger partial charge on any atom is 0.262 e. The molecule has 0 aliphatic carbocycles. The van der Waals surface area contributed by atoms with Crippen molar-refractivity contribution in [3.63, 3.8) is 0 Å². The van der Waals surface area contributed by atoms with E-state index >= 15 is 0 Å². The summed E-state index contributed by atoms with van der Waals surface area (Å²) in [6.45, 7) is 0.161. The summed E-state index contributed by atoms with van der Waals surface area (Å²) in [5, 5.41) is 12.9. The quantitative estimate of drug-likeness (QED) is 0.506. The number of rotatable bonds is 7. The number of benzene rings is 2. The molecular weight excluding hydrogens is 388 g/mol. The van der Waals surface area contributed by atoms with Crippen LogP contribution in [0, 0.1) is 0 Å². The fourth-order valence-corrected chi connectivity index (χ4v) is 3.98. The fourth-order valence-electron chi connectivity index (χ4n) is 3.07. The van der Waals surface area contributed by atoms with Gasteiger partial charge in [-0.1, -0.05) is 30.3 Å². The van der Waals surface area contributed by atoms with Crippen LogP contribution >= 0.6 is 11.3 Å². The first-order valence-corrected chi connectivity index (χ1v) is 10.0. The van der Waals surface area contributed by atoms with Crippen molar-refractivity contribution in [3.8, 4) is 22.6 Å². The molecule has 0 spiro atoms. The van der Waals surface area contributed by atoms with Crippen LogP contribution in [-0.4, -0.2) is 34.5 Å². The van der Waals surface area contributed by atoms with Gasteiger partial charge in [0.25, 0.3) is 5.56 Å². The lowest BCUT2D eigenvalue weighted by atomic mass is 10.1. The Morgan fingerprint density at radius 3 is 2.55 bits per heavy atom. The second kappa shape index (κ2) is 8.46. The van der Waals surface area contributed by atoms with Gasteiger partial charge in [0.2, 0.25) is 0 Å². The summed E-state index contributed by atoms with van der Waals surface area (Å²) in [6.07, 6.45) is 0.625. The summed E-state index contributed by atoms with van der Waals surface area (Å²) in [4.78, 5) is 18.1. The molecule has 0 radical (unpaired) electrons. The van der Waals surface area contributed by atoms with Crippen molar-refractivity contribution >= 4 is 21.6 Å². The average Bonchev–Trinajstić information content (AvgIpc) is 3.20. The molecule has 1 N–H and O–H groups in total. The highest BCUT2D eigenvalue weighted by molar-refractivity contribution is 7.17. The van der Waals surface area contributed by atoms with Gasteiger partial charge in [-0.15, -0.1) is 11.3 Å². The second-order valence-electron chi connectivity index (χ2n) is 6.54. The Hall–Kier alpha value is -3.16. The first kappa shape index (κ1) is 19.2. The second-order valence-corrected chi connectivity index (χ2v) is 7.40. The minimum Gasteiger partial charge on any atom is -0.497 e. The molecule has 0 saturated heterocycles. The van der Waals surface area contributed by atoms with Crippen LogP contribution in [0.5, 0.6) is 11.5 Å². The van der Waals surface area contributed by atoms with Gasteiger partial charge in [0.1, 0.15) is 29.0 Å². The molecule has 0 aliphatic heterocycles. The van der Waals surface area contributed by atoms with Crippen molar-refractivity contribution in [2.45, 2.75) is 12.6 Å². The van der Waals surface area contributed by atoms with Crippen LogP contribution in [0.1, 0.15) is 0 Å². The topological polar surface area (TPSA) is 73.6 Å².